The molecule has 0 aliphatic carbocycles. The van der Waals surface area contributed by atoms with Gasteiger partial charge in [0.15, 0.2) is 0 Å². The first-order chi connectivity index (χ1) is 9.70. The molecule has 0 saturated carbocycles. The van der Waals surface area contributed by atoms with E-state index in [1.54, 1.807) is 42.0 Å². The van der Waals surface area contributed by atoms with Crippen LogP contribution in [0.1, 0.15) is 10.4 Å². The van der Waals surface area contributed by atoms with Crippen molar-refractivity contribution in [2.24, 2.45) is 0 Å². The van der Waals surface area contributed by atoms with Gasteiger partial charge in [-0.1, -0.05) is 0 Å². The van der Waals surface area contributed by atoms with Crippen LogP contribution < -0.4 is 5.32 Å². The van der Waals surface area contributed by atoms with Gasteiger partial charge < -0.3 is 5.32 Å². The Bertz CT molecular complexity index is 777. The largest absolute Gasteiger partial charge is 0.355 e. The Balaban J connectivity index is 2.29. The summed E-state index contributed by atoms with van der Waals surface area (Å²) in [5.74, 6) is -0.564. The molecule has 1 aromatic carbocycles. The number of aromatic nitrogens is 2. The third-order valence-electron chi connectivity index (χ3n) is 3.05. The van der Waals surface area contributed by atoms with Crippen molar-refractivity contribution in [1.82, 2.24) is 14.9 Å². The smallest absolute Gasteiger partial charge is 0.255 e. The number of pyridine rings is 1. The molecule has 4 nitrogen and oxygen atoms in total. The summed E-state index contributed by atoms with van der Waals surface area (Å²) < 4.78 is 14.6. The molecule has 0 aliphatic heterocycles. The highest BCUT2D eigenvalue weighted by atomic mass is 19.1. The van der Waals surface area contributed by atoms with E-state index >= 15 is 0 Å². The van der Waals surface area contributed by atoms with Crippen molar-refractivity contribution >= 4 is 11.4 Å². The van der Waals surface area contributed by atoms with Crippen molar-refractivity contribution in [3.05, 3.63) is 60.0 Å². The topological polar surface area (TPSA) is 46.4 Å². The average molecular weight is 268 g/mol. The van der Waals surface area contributed by atoms with Gasteiger partial charge in [-0.2, -0.15) is 5.10 Å². The van der Waals surface area contributed by atoms with Crippen LogP contribution in [0.15, 0.2) is 42.6 Å². The van der Waals surface area contributed by atoms with Gasteiger partial charge in [-0.05, 0) is 42.5 Å². The van der Waals surface area contributed by atoms with E-state index in [1.807, 2.05) is 0 Å². The second-order valence-corrected chi connectivity index (χ2v) is 4.27. The lowest BCUT2D eigenvalue weighted by Gasteiger charge is -2.02. The summed E-state index contributed by atoms with van der Waals surface area (Å²) in [5.41, 5.74) is 2.32. The van der Waals surface area contributed by atoms with Crippen molar-refractivity contribution < 1.29 is 9.18 Å². The lowest BCUT2D eigenvalue weighted by molar-refractivity contribution is 0.0965. The van der Waals surface area contributed by atoms with E-state index in [0.717, 1.165) is 0 Å². The van der Waals surface area contributed by atoms with Crippen molar-refractivity contribution in [3.8, 4) is 11.3 Å². The molecule has 0 unspecified atom stereocenters. The first kappa shape index (κ1) is 12.3. The molecule has 0 fully saturated rings. The summed E-state index contributed by atoms with van der Waals surface area (Å²) in [7, 11) is 1.56. The molecule has 0 atom stereocenters. The Morgan fingerprint density at radius 1 is 1.35 bits per heavy atom. The normalized spacial score (nSPS) is 10.7. The summed E-state index contributed by atoms with van der Waals surface area (Å²) in [6.07, 6.45) is 1.72. The van der Waals surface area contributed by atoms with Gasteiger partial charge in [-0.15, -0.1) is 0 Å². The maximum absolute atomic E-state index is 13.0. The highest BCUT2D eigenvalue weighted by molar-refractivity contribution is 6.06. The molecule has 5 heteroatoms. The first-order valence-electron chi connectivity index (χ1n) is 6.07. The van der Waals surface area contributed by atoms with E-state index in [4.69, 9.17) is 0 Å². The minimum atomic E-state index is -0.327. The van der Waals surface area contributed by atoms with Gasteiger partial charge in [-0.3, -0.25) is 4.79 Å². The minimum Gasteiger partial charge on any atom is -0.355 e. The predicted molar refractivity (Wildman–Crippen MR) is 72.8 cm³/mol. The summed E-state index contributed by atoms with van der Waals surface area (Å²) in [6, 6.07) is 12.2. The van der Waals surface area contributed by atoms with Gasteiger partial charge >= 0.3 is 0 Å². The number of halogens is 1. The van der Waals surface area contributed by atoms with Crippen LogP contribution in [0.5, 0.6) is 0 Å². The molecular formula is C15H11FN3O. The van der Waals surface area contributed by atoms with E-state index in [1.165, 1.54) is 12.1 Å². The lowest BCUT2D eigenvalue weighted by atomic mass is 10.1. The zero-order chi connectivity index (χ0) is 14.1. The maximum atomic E-state index is 13.0. The van der Waals surface area contributed by atoms with Gasteiger partial charge in [0, 0.05) is 18.8 Å². The molecule has 1 amide bonds. The second kappa shape index (κ2) is 4.77. The Kier molecular flexibility index (Phi) is 2.95. The quantitative estimate of drug-likeness (QED) is 0.775. The molecule has 1 N–H and O–H groups in total. The predicted octanol–water partition coefficient (Wildman–Crippen LogP) is 2.30. The molecule has 2 aromatic heterocycles. The van der Waals surface area contributed by atoms with Crippen molar-refractivity contribution in [2.75, 3.05) is 7.05 Å². The molecule has 0 spiro atoms. The van der Waals surface area contributed by atoms with E-state index in [9.17, 15) is 9.18 Å². The number of fused-ring (bicyclic) bond motifs is 1. The Morgan fingerprint density at radius 2 is 2.10 bits per heavy atom. The van der Waals surface area contributed by atoms with Crippen molar-refractivity contribution in [1.29, 1.82) is 0 Å². The molecule has 0 saturated heterocycles. The molecule has 20 heavy (non-hydrogen) atoms. The number of hydrogen-bond acceptors (Lipinski definition) is 2. The SMILES string of the molecule is CNC(=O)c1c(-c2ccc(F)cc2)nn2cc[c]cc12. The molecule has 0 aliphatic rings. The third kappa shape index (κ3) is 1.93. The number of nitrogens with one attached hydrogen (secondary N) is 1. The molecule has 1 radical (unpaired) electrons. The summed E-state index contributed by atoms with van der Waals surface area (Å²) in [4.78, 5) is 12.1. The fourth-order valence-electron chi connectivity index (χ4n) is 2.10. The zero-order valence-electron chi connectivity index (χ0n) is 10.7. The molecule has 99 valence electrons. The Labute approximate surface area is 114 Å². The Morgan fingerprint density at radius 3 is 2.80 bits per heavy atom. The zero-order valence-corrected chi connectivity index (χ0v) is 10.7. The second-order valence-electron chi connectivity index (χ2n) is 4.27. The average Bonchev–Trinajstić information content (AvgIpc) is 2.86. The van der Waals surface area contributed by atoms with Crippen LogP contribution >= 0.6 is 0 Å². The van der Waals surface area contributed by atoms with Crippen LogP contribution in [0.3, 0.4) is 0 Å². The number of amides is 1. The molecule has 3 rings (SSSR count). The van der Waals surface area contributed by atoms with Crippen LogP contribution in [0.4, 0.5) is 4.39 Å². The monoisotopic (exact) mass is 268 g/mol. The van der Waals surface area contributed by atoms with Crippen LogP contribution in [0, 0.1) is 11.9 Å². The highest BCUT2D eigenvalue weighted by Crippen LogP contribution is 2.26. The van der Waals surface area contributed by atoms with E-state index < -0.39 is 0 Å². The maximum Gasteiger partial charge on any atom is 0.255 e. The Hall–Kier alpha value is -2.69. The summed E-state index contributed by atoms with van der Waals surface area (Å²) in [6.45, 7) is 0. The highest BCUT2D eigenvalue weighted by Gasteiger charge is 2.19. The van der Waals surface area contributed by atoms with Crippen LogP contribution in [0.25, 0.3) is 16.8 Å². The number of nitrogens with zero attached hydrogens (tertiary/aromatic N) is 2. The first-order valence-corrected chi connectivity index (χ1v) is 6.07. The standard InChI is InChI=1S/C15H11FN3O/c1-17-15(20)13-12-4-2-3-9-19(12)18-14(13)10-5-7-11(16)8-6-10/h3-9H,1H3,(H,17,20). The minimum absolute atomic E-state index is 0.237. The van der Waals surface area contributed by atoms with Gasteiger partial charge in [0.1, 0.15) is 11.5 Å². The molecular weight excluding hydrogens is 257 g/mol. The number of carbonyl (C=O) groups is 1. The third-order valence-corrected chi connectivity index (χ3v) is 3.05. The van der Waals surface area contributed by atoms with Gasteiger partial charge in [0.2, 0.25) is 0 Å². The number of carbonyl (C=O) groups excluding carboxylic acids is 1. The van der Waals surface area contributed by atoms with Crippen LogP contribution in [0.2, 0.25) is 0 Å². The van der Waals surface area contributed by atoms with Crippen molar-refractivity contribution in [3.63, 3.8) is 0 Å². The molecule has 2 heterocycles. The lowest BCUT2D eigenvalue weighted by Crippen LogP contribution is -2.18. The van der Waals surface area contributed by atoms with Gasteiger partial charge in [-0.25, -0.2) is 8.91 Å². The number of hydrogen-bond donors (Lipinski definition) is 1. The summed E-state index contributed by atoms with van der Waals surface area (Å²) in [5, 5.41) is 7.00. The fraction of sp³-hybridized carbons (Fsp3) is 0.0667. The summed E-state index contributed by atoms with van der Waals surface area (Å²) >= 11 is 0. The number of rotatable bonds is 2. The fourth-order valence-corrected chi connectivity index (χ4v) is 2.10. The molecule has 3 aromatic rings. The van der Waals surface area contributed by atoms with Crippen molar-refractivity contribution in [2.45, 2.75) is 0 Å². The van der Waals surface area contributed by atoms with E-state index in [0.29, 0.717) is 22.3 Å². The van der Waals surface area contributed by atoms with E-state index in [2.05, 4.69) is 16.5 Å². The van der Waals surface area contributed by atoms with E-state index in [-0.39, 0.29) is 11.7 Å². The van der Waals surface area contributed by atoms with Crippen LogP contribution in [-0.4, -0.2) is 22.6 Å². The van der Waals surface area contributed by atoms with Gasteiger partial charge in [0.05, 0.1) is 11.1 Å². The molecule has 0 bridgehead atoms. The van der Waals surface area contributed by atoms with Crippen LogP contribution in [-0.2, 0) is 0 Å². The number of benzene rings is 1. The van der Waals surface area contributed by atoms with Gasteiger partial charge in [0.25, 0.3) is 5.91 Å².